The Morgan fingerprint density at radius 3 is 1.15 bits per heavy atom. The average molecular weight is 835 g/mol. The average Bonchev–Trinajstić information content (AvgIpc) is 3.24. The monoisotopic (exact) mass is 835 g/mol. The van der Waals surface area contributed by atoms with Crippen LogP contribution in [0.2, 0.25) is 0 Å². The first-order valence-electron chi connectivity index (χ1n) is 24.6. The fraction of sp³-hybridized carbons (Fsp3) is 0.685. The lowest BCUT2D eigenvalue weighted by Gasteiger charge is -2.18. The Labute approximate surface area is 369 Å². The normalized spacial score (nSPS) is 12.8. The molecule has 0 rings (SSSR count). The van der Waals surface area contributed by atoms with E-state index < -0.39 is 12.1 Å². The first-order chi connectivity index (χ1) is 29.5. The smallest absolute Gasteiger partial charge is 0.306 e. The molecule has 0 aromatic heterocycles. The molecule has 6 heteroatoms. The molecule has 0 saturated carbocycles. The number of allylic oxidation sites excluding steroid dienone is 14. The summed E-state index contributed by atoms with van der Waals surface area (Å²) in [7, 11) is 0. The molecule has 0 spiro atoms. The highest BCUT2D eigenvalue weighted by Crippen LogP contribution is 2.12. The van der Waals surface area contributed by atoms with Crippen LogP contribution in [0.5, 0.6) is 0 Å². The van der Waals surface area contributed by atoms with Gasteiger partial charge in [-0.3, -0.25) is 14.4 Å². The molecule has 0 amide bonds. The van der Waals surface area contributed by atoms with E-state index >= 15 is 0 Å². The number of carbonyl (C=O) groups is 3. The van der Waals surface area contributed by atoms with Crippen molar-refractivity contribution in [1.82, 2.24) is 0 Å². The van der Waals surface area contributed by atoms with E-state index in [0.717, 1.165) is 83.5 Å². The highest BCUT2D eigenvalue weighted by molar-refractivity contribution is 5.71. The second kappa shape index (κ2) is 48.3. The summed E-state index contributed by atoms with van der Waals surface area (Å²) in [4.78, 5) is 37.8. The third-order valence-electron chi connectivity index (χ3n) is 10.1. The van der Waals surface area contributed by atoms with Gasteiger partial charge in [-0.1, -0.05) is 189 Å². The Kier molecular flexibility index (Phi) is 45.5. The van der Waals surface area contributed by atoms with E-state index in [4.69, 9.17) is 14.2 Å². The van der Waals surface area contributed by atoms with Crippen LogP contribution in [0, 0.1) is 0 Å². The quantitative estimate of drug-likeness (QED) is 0.0263. The molecule has 0 fully saturated rings. The number of esters is 3. The van der Waals surface area contributed by atoms with Crippen LogP contribution in [0.15, 0.2) is 85.1 Å². The van der Waals surface area contributed by atoms with Crippen LogP contribution >= 0.6 is 0 Å². The summed E-state index contributed by atoms with van der Waals surface area (Å²) >= 11 is 0. The topological polar surface area (TPSA) is 78.9 Å². The molecule has 0 aromatic carbocycles. The fourth-order valence-corrected chi connectivity index (χ4v) is 6.43. The van der Waals surface area contributed by atoms with Crippen molar-refractivity contribution in [2.75, 3.05) is 13.2 Å². The molecule has 1 unspecified atom stereocenters. The summed E-state index contributed by atoms with van der Waals surface area (Å²) in [5.41, 5.74) is 0. The Hall–Kier alpha value is -3.41. The van der Waals surface area contributed by atoms with Crippen LogP contribution in [-0.2, 0) is 28.6 Å². The van der Waals surface area contributed by atoms with Crippen molar-refractivity contribution in [1.29, 1.82) is 0 Å². The van der Waals surface area contributed by atoms with Crippen molar-refractivity contribution in [3.63, 3.8) is 0 Å². The van der Waals surface area contributed by atoms with Crippen LogP contribution in [0.25, 0.3) is 0 Å². The first kappa shape index (κ1) is 56.6. The van der Waals surface area contributed by atoms with Crippen molar-refractivity contribution in [3.05, 3.63) is 85.1 Å². The van der Waals surface area contributed by atoms with Gasteiger partial charge in [-0.25, -0.2) is 0 Å². The summed E-state index contributed by atoms with van der Waals surface area (Å²) in [6, 6.07) is 0. The van der Waals surface area contributed by atoms with Crippen molar-refractivity contribution in [2.45, 2.75) is 226 Å². The molecule has 1 atom stereocenters. The van der Waals surface area contributed by atoms with Gasteiger partial charge in [0.2, 0.25) is 0 Å². The molecule has 0 aliphatic carbocycles. The van der Waals surface area contributed by atoms with E-state index in [1.165, 1.54) is 83.5 Å². The zero-order valence-electron chi connectivity index (χ0n) is 38.9. The van der Waals surface area contributed by atoms with E-state index in [-0.39, 0.29) is 38.0 Å². The number of unbranched alkanes of at least 4 members (excludes halogenated alkanes) is 18. The molecule has 60 heavy (non-hydrogen) atoms. The molecular weight excluding hydrogens is 745 g/mol. The summed E-state index contributed by atoms with van der Waals surface area (Å²) in [6.07, 6.45) is 61.6. The van der Waals surface area contributed by atoms with Crippen LogP contribution in [-0.4, -0.2) is 37.2 Å². The van der Waals surface area contributed by atoms with Crippen molar-refractivity contribution < 1.29 is 28.6 Å². The van der Waals surface area contributed by atoms with E-state index in [2.05, 4.69) is 99.8 Å². The Balaban J connectivity index is 4.54. The zero-order chi connectivity index (χ0) is 43.7. The van der Waals surface area contributed by atoms with E-state index in [1.807, 2.05) is 6.08 Å². The largest absolute Gasteiger partial charge is 0.462 e. The maximum atomic E-state index is 12.7. The minimum atomic E-state index is -0.832. The molecule has 6 nitrogen and oxygen atoms in total. The van der Waals surface area contributed by atoms with E-state index in [9.17, 15) is 14.4 Å². The number of hydrogen-bond acceptors (Lipinski definition) is 6. The third kappa shape index (κ3) is 45.7. The van der Waals surface area contributed by atoms with Crippen molar-refractivity contribution >= 4 is 17.9 Å². The predicted octanol–water partition coefficient (Wildman–Crippen LogP) is 16.0. The highest BCUT2D eigenvalue weighted by atomic mass is 16.6. The van der Waals surface area contributed by atoms with Gasteiger partial charge in [0, 0.05) is 19.3 Å². The Morgan fingerprint density at radius 1 is 0.350 bits per heavy atom. The number of ether oxygens (including phenoxy) is 3. The molecular formula is C54H90O6. The molecule has 0 radical (unpaired) electrons. The highest BCUT2D eigenvalue weighted by Gasteiger charge is 2.19. The van der Waals surface area contributed by atoms with E-state index in [0.29, 0.717) is 19.3 Å². The lowest BCUT2D eigenvalue weighted by molar-refractivity contribution is -0.166. The molecule has 0 aliphatic heterocycles. The van der Waals surface area contributed by atoms with Crippen molar-refractivity contribution in [2.24, 2.45) is 0 Å². The minimum absolute atomic E-state index is 0.123. The molecule has 0 aliphatic rings. The van der Waals surface area contributed by atoms with E-state index in [1.54, 1.807) is 0 Å². The van der Waals surface area contributed by atoms with Gasteiger partial charge in [0.05, 0.1) is 0 Å². The van der Waals surface area contributed by atoms with Gasteiger partial charge < -0.3 is 14.2 Å². The first-order valence-corrected chi connectivity index (χ1v) is 24.6. The number of rotatable bonds is 43. The van der Waals surface area contributed by atoms with Crippen LogP contribution in [0.3, 0.4) is 0 Å². The van der Waals surface area contributed by atoms with Crippen LogP contribution in [0.4, 0.5) is 0 Å². The molecule has 0 saturated heterocycles. The van der Waals surface area contributed by atoms with Gasteiger partial charge in [-0.05, 0) is 96.3 Å². The van der Waals surface area contributed by atoms with Gasteiger partial charge in [-0.15, -0.1) is 0 Å². The van der Waals surface area contributed by atoms with Crippen molar-refractivity contribution in [3.8, 4) is 0 Å². The standard InChI is InChI=1S/C54H90O6/c1-4-7-10-13-16-19-22-25-26-27-28-30-32-35-38-41-44-47-53(56)59-50-51(49-58-52(55)46-43-40-37-34-31-24-21-18-15-12-9-6-3)60-54(57)48-45-42-39-36-33-29-23-20-17-14-11-8-5-2/h9,12,18,21,25-26,28-30,33,35,38-39,42,51H,4-8,10-11,13-17,19-20,22-24,27,31-32,34,36-37,40-41,43-50H2,1-3H3/b12-9-,21-18-,26-25-,30-28-,33-29-,38-35-,42-39-. The molecule has 342 valence electrons. The van der Waals surface area contributed by atoms with Crippen LogP contribution in [0.1, 0.15) is 220 Å². The van der Waals surface area contributed by atoms with Gasteiger partial charge in [0.15, 0.2) is 6.10 Å². The molecule has 0 bridgehead atoms. The van der Waals surface area contributed by atoms with Crippen LogP contribution < -0.4 is 0 Å². The zero-order valence-corrected chi connectivity index (χ0v) is 38.9. The van der Waals surface area contributed by atoms with Gasteiger partial charge in [0.1, 0.15) is 13.2 Å². The van der Waals surface area contributed by atoms with Gasteiger partial charge in [0.25, 0.3) is 0 Å². The second-order valence-electron chi connectivity index (χ2n) is 16.0. The molecule has 0 heterocycles. The minimum Gasteiger partial charge on any atom is -0.462 e. The van der Waals surface area contributed by atoms with Gasteiger partial charge >= 0.3 is 17.9 Å². The second-order valence-corrected chi connectivity index (χ2v) is 16.0. The lowest BCUT2D eigenvalue weighted by atomic mass is 10.1. The Morgan fingerprint density at radius 2 is 0.700 bits per heavy atom. The number of carbonyl (C=O) groups excluding carboxylic acids is 3. The maximum Gasteiger partial charge on any atom is 0.306 e. The molecule has 0 aromatic rings. The fourth-order valence-electron chi connectivity index (χ4n) is 6.43. The summed E-state index contributed by atoms with van der Waals surface area (Å²) in [5.74, 6) is -1.06. The predicted molar refractivity (Wildman–Crippen MR) is 256 cm³/mol. The summed E-state index contributed by atoms with van der Waals surface area (Å²) < 4.78 is 16.6. The SMILES string of the molecule is CC/C=C\C/C=C\CCCCCCCC(=O)OCC(COC(=O)CCC/C=C\C/C=C\C/C=C\CCCCCCCC)OC(=O)CC/C=C\C/C=C\CCCCCCCC. The summed E-state index contributed by atoms with van der Waals surface area (Å²) in [6.45, 7) is 6.39. The van der Waals surface area contributed by atoms with Gasteiger partial charge in [-0.2, -0.15) is 0 Å². The summed E-state index contributed by atoms with van der Waals surface area (Å²) in [5, 5.41) is 0. The third-order valence-corrected chi connectivity index (χ3v) is 10.1. The maximum absolute atomic E-state index is 12.7. The Bertz CT molecular complexity index is 1190. The lowest BCUT2D eigenvalue weighted by Crippen LogP contribution is -2.30. The molecule has 0 N–H and O–H groups in total. The number of hydrogen-bond donors (Lipinski definition) is 0.